The van der Waals surface area contributed by atoms with Crippen LogP contribution in [0.1, 0.15) is 45.6 Å². The Morgan fingerprint density at radius 3 is 2.18 bits per heavy atom. The molecule has 3 aromatic rings. The summed E-state index contributed by atoms with van der Waals surface area (Å²) in [4.78, 5) is 12.8. The van der Waals surface area contributed by atoms with Crippen LogP contribution < -0.4 is 14.4 Å². The van der Waals surface area contributed by atoms with Crippen molar-refractivity contribution in [3.05, 3.63) is 94.5 Å². The minimum atomic E-state index is -3.49. The lowest BCUT2D eigenvalue weighted by Gasteiger charge is -2.23. The topological polar surface area (TPSA) is 75.7 Å². The number of nitrogens with one attached hydrogen (secondary N) is 1. The third kappa shape index (κ3) is 6.14. The van der Waals surface area contributed by atoms with Crippen LogP contribution in [-0.4, -0.2) is 27.7 Å². The number of rotatable bonds is 8. The molecule has 0 bridgehead atoms. The van der Waals surface area contributed by atoms with Gasteiger partial charge in [-0.25, -0.2) is 8.42 Å². The van der Waals surface area contributed by atoms with Crippen molar-refractivity contribution in [1.82, 2.24) is 5.32 Å². The van der Waals surface area contributed by atoms with Gasteiger partial charge in [-0.1, -0.05) is 36.4 Å². The Hall–Kier alpha value is -3.32. The first-order valence-electron chi connectivity index (χ1n) is 10.7. The molecule has 0 aliphatic heterocycles. The molecule has 174 valence electrons. The van der Waals surface area contributed by atoms with Gasteiger partial charge in [0.05, 0.1) is 31.6 Å². The quantitative estimate of drug-likeness (QED) is 0.519. The number of sulfonamides is 1. The first kappa shape index (κ1) is 24.3. The van der Waals surface area contributed by atoms with Gasteiger partial charge in [0, 0.05) is 11.1 Å². The minimum absolute atomic E-state index is 0.182. The van der Waals surface area contributed by atoms with Crippen molar-refractivity contribution in [3.8, 4) is 5.75 Å². The molecule has 0 aliphatic rings. The molecule has 3 aromatic carbocycles. The average molecular weight is 467 g/mol. The summed E-state index contributed by atoms with van der Waals surface area (Å²) in [6.45, 7) is 5.96. The molecule has 0 fully saturated rings. The highest BCUT2D eigenvalue weighted by Crippen LogP contribution is 2.25. The molecule has 0 heterocycles. The van der Waals surface area contributed by atoms with E-state index in [2.05, 4.69) is 5.32 Å². The van der Waals surface area contributed by atoms with Crippen LogP contribution in [0, 0.1) is 13.8 Å². The Kier molecular flexibility index (Phi) is 7.43. The summed E-state index contributed by atoms with van der Waals surface area (Å²) < 4.78 is 31.7. The highest BCUT2D eigenvalue weighted by molar-refractivity contribution is 7.92. The zero-order valence-corrected chi connectivity index (χ0v) is 20.4. The summed E-state index contributed by atoms with van der Waals surface area (Å²) in [5.74, 6) is 0.502. The summed E-state index contributed by atoms with van der Waals surface area (Å²) in [6, 6.07) is 20.0. The first-order chi connectivity index (χ1) is 15.6. The van der Waals surface area contributed by atoms with E-state index in [1.54, 1.807) is 31.4 Å². The minimum Gasteiger partial charge on any atom is -0.496 e. The van der Waals surface area contributed by atoms with Crippen molar-refractivity contribution in [3.63, 3.8) is 0 Å². The van der Waals surface area contributed by atoms with Crippen LogP contribution in [0.3, 0.4) is 0 Å². The molecule has 0 aromatic heterocycles. The van der Waals surface area contributed by atoms with Crippen molar-refractivity contribution in [2.75, 3.05) is 17.7 Å². The fourth-order valence-electron chi connectivity index (χ4n) is 3.80. The molecule has 0 spiro atoms. The lowest BCUT2D eigenvalue weighted by atomic mass is 10.1. The number of carbonyl (C=O) groups excluding carboxylic acids is 1. The number of para-hydroxylation sites is 1. The Balaban J connectivity index is 1.76. The predicted molar refractivity (Wildman–Crippen MR) is 132 cm³/mol. The van der Waals surface area contributed by atoms with Gasteiger partial charge in [-0.3, -0.25) is 9.10 Å². The fraction of sp³-hybridized carbons (Fsp3) is 0.269. The van der Waals surface area contributed by atoms with Crippen LogP contribution in [0.25, 0.3) is 0 Å². The monoisotopic (exact) mass is 466 g/mol. The molecule has 1 amide bonds. The maximum absolute atomic E-state index is 12.8. The fourth-order valence-corrected chi connectivity index (χ4v) is 4.68. The predicted octanol–water partition coefficient (Wildman–Crippen LogP) is 4.77. The van der Waals surface area contributed by atoms with Gasteiger partial charge in [-0.2, -0.15) is 0 Å². The highest BCUT2D eigenvalue weighted by Gasteiger charge is 2.19. The van der Waals surface area contributed by atoms with Crippen LogP contribution in [0.2, 0.25) is 0 Å². The van der Waals surface area contributed by atoms with E-state index in [-0.39, 0.29) is 18.5 Å². The van der Waals surface area contributed by atoms with E-state index in [1.165, 1.54) is 10.6 Å². The van der Waals surface area contributed by atoms with E-state index in [9.17, 15) is 13.2 Å². The van der Waals surface area contributed by atoms with E-state index < -0.39 is 10.0 Å². The van der Waals surface area contributed by atoms with Crippen LogP contribution in [-0.2, 0) is 16.6 Å². The van der Waals surface area contributed by atoms with Gasteiger partial charge >= 0.3 is 0 Å². The second kappa shape index (κ2) is 10.1. The Morgan fingerprint density at radius 2 is 1.61 bits per heavy atom. The molecule has 0 saturated heterocycles. The summed E-state index contributed by atoms with van der Waals surface area (Å²) >= 11 is 0. The van der Waals surface area contributed by atoms with Crippen molar-refractivity contribution in [1.29, 1.82) is 0 Å². The van der Waals surface area contributed by atoms with Crippen LogP contribution >= 0.6 is 0 Å². The molecular formula is C26H30N2O4S. The summed E-state index contributed by atoms with van der Waals surface area (Å²) in [6.07, 6.45) is 1.20. The van der Waals surface area contributed by atoms with E-state index in [1.807, 2.05) is 63.2 Å². The second-order valence-corrected chi connectivity index (χ2v) is 10.2. The molecule has 0 aliphatic carbocycles. The van der Waals surface area contributed by atoms with E-state index in [0.29, 0.717) is 17.0 Å². The average Bonchev–Trinajstić information content (AvgIpc) is 2.76. The molecule has 7 heteroatoms. The van der Waals surface area contributed by atoms with Crippen LogP contribution in [0.4, 0.5) is 5.69 Å². The van der Waals surface area contributed by atoms with Crippen LogP contribution in [0.5, 0.6) is 5.75 Å². The number of aryl methyl sites for hydroxylation is 2. The maximum atomic E-state index is 12.8. The van der Waals surface area contributed by atoms with Gasteiger partial charge in [-0.15, -0.1) is 0 Å². The summed E-state index contributed by atoms with van der Waals surface area (Å²) in [5, 5.41) is 2.98. The zero-order chi connectivity index (χ0) is 24.2. The van der Waals surface area contributed by atoms with Crippen molar-refractivity contribution in [2.24, 2.45) is 0 Å². The number of ether oxygens (including phenoxy) is 1. The third-order valence-electron chi connectivity index (χ3n) is 5.39. The SMILES string of the molecule is COc1ccccc1C(C)NC(=O)c1ccc(CN(c2cc(C)cc(C)c2)S(C)(=O)=O)cc1. The molecule has 6 nitrogen and oxygen atoms in total. The molecular weight excluding hydrogens is 436 g/mol. The Morgan fingerprint density at radius 1 is 1.00 bits per heavy atom. The standard InChI is InChI=1S/C26H30N2O4S/c1-18-14-19(2)16-23(15-18)28(33(5,30)31)17-21-10-12-22(13-11-21)26(29)27-20(3)24-8-6-7-9-25(24)32-4/h6-16,20H,17H2,1-5H3,(H,27,29). The zero-order valence-electron chi connectivity index (χ0n) is 19.6. The molecule has 1 atom stereocenters. The number of methoxy groups -OCH3 is 1. The third-order valence-corrected chi connectivity index (χ3v) is 6.53. The van der Waals surface area contributed by atoms with Gasteiger partial charge in [0.25, 0.3) is 5.91 Å². The number of hydrogen-bond donors (Lipinski definition) is 1. The lowest BCUT2D eigenvalue weighted by molar-refractivity contribution is 0.0939. The van der Waals surface area contributed by atoms with Crippen LogP contribution in [0.15, 0.2) is 66.7 Å². The van der Waals surface area contributed by atoms with Crippen molar-refractivity contribution >= 4 is 21.6 Å². The Bertz CT molecular complexity index is 1220. The van der Waals surface area contributed by atoms with Gasteiger partial charge in [0.2, 0.25) is 10.0 Å². The number of amides is 1. The first-order valence-corrected chi connectivity index (χ1v) is 12.5. The normalized spacial score (nSPS) is 12.2. The lowest BCUT2D eigenvalue weighted by Crippen LogP contribution is -2.29. The maximum Gasteiger partial charge on any atom is 0.251 e. The molecule has 0 radical (unpaired) electrons. The van der Waals surface area contributed by atoms with Gasteiger partial charge < -0.3 is 10.1 Å². The smallest absolute Gasteiger partial charge is 0.251 e. The van der Waals surface area contributed by atoms with E-state index >= 15 is 0 Å². The highest BCUT2D eigenvalue weighted by atomic mass is 32.2. The van der Waals surface area contributed by atoms with E-state index in [0.717, 1.165) is 22.3 Å². The van der Waals surface area contributed by atoms with Crippen molar-refractivity contribution in [2.45, 2.75) is 33.4 Å². The van der Waals surface area contributed by atoms with Crippen molar-refractivity contribution < 1.29 is 17.9 Å². The number of anilines is 1. The molecule has 1 unspecified atom stereocenters. The molecule has 33 heavy (non-hydrogen) atoms. The number of benzene rings is 3. The van der Waals surface area contributed by atoms with Gasteiger partial charge in [-0.05, 0) is 67.8 Å². The molecule has 1 N–H and O–H groups in total. The molecule has 0 saturated carbocycles. The van der Waals surface area contributed by atoms with Gasteiger partial charge in [0.15, 0.2) is 0 Å². The number of hydrogen-bond acceptors (Lipinski definition) is 4. The van der Waals surface area contributed by atoms with E-state index in [4.69, 9.17) is 4.74 Å². The van der Waals surface area contributed by atoms with Gasteiger partial charge in [0.1, 0.15) is 5.75 Å². The summed E-state index contributed by atoms with van der Waals surface area (Å²) in [5.41, 5.74) is 4.79. The largest absolute Gasteiger partial charge is 0.496 e. The Labute approximate surface area is 196 Å². The number of carbonyl (C=O) groups is 1. The summed E-state index contributed by atoms with van der Waals surface area (Å²) in [7, 11) is -1.89. The number of nitrogens with zero attached hydrogens (tertiary/aromatic N) is 1. The second-order valence-electron chi connectivity index (χ2n) is 8.25. The molecule has 3 rings (SSSR count).